The van der Waals surface area contributed by atoms with Crippen LogP contribution in [0, 0.1) is 17.6 Å². The lowest BCUT2D eigenvalue weighted by molar-refractivity contribution is 0.102. The highest BCUT2D eigenvalue weighted by Crippen LogP contribution is 2.29. The van der Waals surface area contributed by atoms with Gasteiger partial charge in [0.2, 0.25) is 0 Å². The first-order valence-corrected chi connectivity index (χ1v) is 7.38. The minimum absolute atomic E-state index is 0.0617. The van der Waals surface area contributed by atoms with Crippen molar-refractivity contribution in [2.24, 2.45) is 5.92 Å². The van der Waals surface area contributed by atoms with Crippen LogP contribution in [0.3, 0.4) is 0 Å². The summed E-state index contributed by atoms with van der Waals surface area (Å²) in [6.07, 6.45) is -1.79. The average Bonchev–Trinajstić information content (AvgIpc) is 2.84. The lowest BCUT2D eigenvalue weighted by atomic mass is 10.2. The van der Waals surface area contributed by atoms with Crippen molar-refractivity contribution in [1.82, 2.24) is 9.78 Å². The Morgan fingerprint density at radius 2 is 1.92 bits per heavy atom. The Labute approximate surface area is 140 Å². The summed E-state index contributed by atoms with van der Waals surface area (Å²) in [7, 11) is 0. The number of anilines is 1. The fourth-order valence-electron chi connectivity index (χ4n) is 2.10. The van der Waals surface area contributed by atoms with Gasteiger partial charge >= 0.3 is 0 Å². The first-order valence-electron chi connectivity index (χ1n) is 7.00. The fourth-order valence-corrected chi connectivity index (χ4v) is 2.34. The second-order valence-electron chi connectivity index (χ2n) is 5.52. The summed E-state index contributed by atoms with van der Waals surface area (Å²) in [6.45, 7) is 3.90. The predicted molar refractivity (Wildman–Crippen MR) is 81.3 cm³/mol. The van der Waals surface area contributed by atoms with E-state index in [0.29, 0.717) is 12.1 Å². The largest absolute Gasteiger partial charge is 0.319 e. The molecule has 0 unspecified atom stereocenters. The van der Waals surface area contributed by atoms with Crippen molar-refractivity contribution in [3.8, 4) is 0 Å². The third kappa shape index (κ3) is 3.87. The first kappa shape index (κ1) is 18.3. The molecule has 1 aromatic carbocycles. The zero-order valence-electron chi connectivity index (χ0n) is 12.8. The molecule has 0 aliphatic rings. The van der Waals surface area contributed by atoms with Gasteiger partial charge in [0.15, 0.2) is 11.6 Å². The molecule has 9 heteroatoms. The molecule has 1 aromatic heterocycles. The Balaban J connectivity index is 2.33. The van der Waals surface area contributed by atoms with Crippen molar-refractivity contribution in [3.63, 3.8) is 0 Å². The number of rotatable bonds is 5. The van der Waals surface area contributed by atoms with E-state index in [4.69, 9.17) is 11.6 Å². The van der Waals surface area contributed by atoms with Crippen molar-refractivity contribution in [3.05, 3.63) is 46.2 Å². The summed E-state index contributed by atoms with van der Waals surface area (Å²) < 4.78 is 53.9. The first-order chi connectivity index (χ1) is 11.2. The van der Waals surface area contributed by atoms with Crippen LogP contribution in [-0.4, -0.2) is 15.7 Å². The van der Waals surface area contributed by atoms with Crippen LogP contribution in [0.25, 0.3) is 0 Å². The van der Waals surface area contributed by atoms with Crippen molar-refractivity contribution in [2.45, 2.75) is 26.8 Å². The monoisotopic (exact) mass is 363 g/mol. The minimum atomic E-state index is -2.87. The number of amides is 1. The Hall–Kier alpha value is -2.09. The second-order valence-corrected chi connectivity index (χ2v) is 5.93. The molecule has 1 N–H and O–H groups in total. The number of carbonyl (C=O) groups excluding carboxylic acids is 1. The molecule has 0 saturated heterocycles. The number of carbonyl (C=O) groups is 1. The van der Waals surface area contributed by atoms with Gasteiger partial charge in [0.25, 0.3) is 12.3 Å². The maximum absolute atomic E-state index is 13.3. The maximum atomic E-state index is 13.3. The van der Waals surface area contributed by atoms with Gasteiger partial charge in [0.1, 0.15) is 5.69 Å². The third-order valence-corrected chi connectivity index (χ3v) is 3.44. The van der Waals surface area contributed by atoms with E-state index >= 15 is 0 Å². The van der Waals surface area contributed by atoms with Crippen LogP contribution < -0.4 is 5.32 Å². The molecule has 0 aliphatic heterocycles. The highest BCUT2D eigenvalue weighted by molar-refractivity contribution is 6.34. The molecule has 0 saturated carbocycles. The fraction of sp³-hybridized carbons (Fsp3) is 0.333. The molecule has 130 valence electrons. The quantitative estimate of drug-likeness (QED) is 0.620. The zero-order valence-corrected chi connectivity index (χ0v) is 13.5. The van der Waals surface area contributed by atoms with E-state index in [-0.39, 0.29) is 28.7 Å². The highest BCUT2D eigenvalue weighted by Gasteiger charge is 2.23. The molecule has 0 aliphatic carbocycles. The van der Waals surface area contributed by atoms with E-state index in [1.807, 2.05) is 13.8 Å². The number of halogens is 5. The van der Waals surface area contributed by atoms with Crippen LogP contribution in [-0.2, 0) is 6.54 Å². The molecule has 4 nitrogen and oxygen atoms in total. The Morgan fingerprint density at radius 1 is 1.29 bits per heavy atom. The smallest absolute Gasteiger partial charge is 0.282 e. The molecule has 2 rings (SSSR count). The predicted octanol–water partition coefficient (Wildman–Crippen LogP) is 4.66. The molecule has 1 heterocycles. The van der Waals surface area contributed by atoms with Gasteiger partial charge < -0.3 is 5.32 Å². The van der Waals surface area contributed by atoms with Gasteiger partial charge in [-0.2, -0.15) is 5.10 Å². The summed E-state index contributed by atoms with van der Waals surface area (Å²) in [4.78, 5) is 12.1. The van der Waals surface area contributed by atoms with Gasteiger partial charge in [0, 0.05) is 6.54 Å². The van der Waals surface area contributed by atoms with Gasteiger partial charge in [-0.15, -0.1) is 0 Å². The van der Waals surface area contributed by atoms with E-state index in [1.54, 1.807) is 0 Å². The van der Waals surface area contributed by atoms with E-state index in [1.165, 1.54) is 0 Å². The van der Waals surface area contributed by atoms with Crippen molar-refractivity contribution in [2.75, 3.05) is 5.32 Å². The van der Waals surface area contributed by atoms with E-state index in [0.717, 1.165) is 10.9 Å². The molecule has 0 radical (unpaired) electrons. The summed E-state index contributed by atoms with van der Waals surface area (Å²) in [5.41, 5.74) is -1.04. The molecular weight excluding hydrogens is 350 g/mol. The van der Waals surface area contributed by atoms with Gasteiger partial charge in [-0.25, -0.2) is 17.6 Å². The molecule has 2 aromatic rings. The van der Waals surface area contributed by atoms with Gasteiger partial charge in [-0.05, 0) is 18.1 Å². The number of nitrogens with one attached hydrogen (secondary N) is 1. The maximum Gasteiger partial charge on any atom is 0.282 e. The van der Waals surface area contributed by atoms with E-state index < -0.39 is 29.7 Å². The number of nitrogens with zero attached hydrogens (tertiary/aromatic N) is 2. The molecule has 24 heavy (non-hydrogen) atoms. The second kappa shape index (κ2) is 7.21. The van der Waals surface area contributed by atoms with Gasteiger partial charge in [0.05, 0.1) is 22.5 Å². The van der Waals surface area contributed by atoms with Crippen LogP contribution in [0.4, 0.5) is 23.2 Å². The third-order valence-electron chi connectivity index (χ3n) is 3.13. The van der Waals surface area contributed by atoms with Gasteiger partial charge in [-0.1, -0.05) is 25.4 Å². The van der Waals surface area contributed by atoms with E-state index in [9.17, 15) is 22.4 Å². The van der Waals surface area contributed by atoms with Crippen molar-refractivity contribution in [1.29, 1.82) is 0 Å². The number of hydrogen-bond acceptors (Lipinski definition) is 2. The topological polar surface area (TPSA) is 46.9 Å². The molecule has 1 amide bonds. The Morgan fingerprint density at radius 3 is 2.50 bits per heavy atom. The summed E-state index contributed by atoms with van der Waals surface area (Å²) in [6, 6.07) is 1.25. The van der Waals surface area contributed by atoms with Crippen LogP contribution in [0.5, 0.6) is 0 Å². The highest BCUT2D eigenvalue weighted by atomic mass is 35.5. The summed E-state index contributed by atoms with van der Waals surface area (Å²) in [5, 5.41) is 5.71. The Bertz CT molecular complexity index is 761. The number of benzene rings is 1. The lowest BCUT2D eigenvalue weighted by Crippen LogP contribution is -2.16. The normalized spacial score (nSPS) is 11.4. The van der Waals surface area contributed by atoms with Crippen molar-refractivity contribution < 1.29 is 22.4 Å². The van der Waals surface area contributed by atoms with Crippen LogP contribution >= 0.6 is 11.6 Å². The molecule has 0 bridgehead atoms. The standard InChI is InChI=1S/C15H14ClF4N3O/c1-7(2)6-23-13(14(19)20)12(5-21-23)22-15(24)8-3-10(17)11(18)4-9(8)16/h3-5,7,14H,6H2,1-2H3,(H,22,24). The molecule has 0 fully saturated rings. The number of hydrogen-bond donors (Lipinski definition) is 1. The number of aromatic nitrogens is 2. The molecule has 0 spiro atoms. The average molecular weight is 364 g/mol. The molecular formula is C15H14ClF4N3O. The summed E-state index contributed by atoms with van der Waals surface area (Å²) >= 11 is 5.70. The SMILES string of the molecule is CC(C)Cn1ncc(NC(=O)c2cc(F)c(F)cc2Cl)c1C(F)F. The van der Waals surface area contributed by atoms with Crippen LogP contribution in [0.15, 0.2) is 18.3 Å². The zero-order chi connectivity index (χ0) is 18.0. The van der Waals surface area contributed by atoms with E-state index in [2.05, 4.69) is 10.4 Å². The Kier molecular flexibility index (Phi) is 5.48. The van der Waals surface area contributed by atoms with Gasteiger partial charge in [-0.3, -0.25) is 9.48 Å². The van der Waals surface area contributed by atoms with Crippen molar-refractivity contribution >= 4 is 23.2 Å². The summed E-state index contributed by atoms with van der Waals surface area (Å²) in [5.74, 6) is -3.36. The lowest BCUT2D eigenvalue weighted by Gasteiger charge is -2.12. The van der Waals surface area contributed by atoms with Crippen LogP contribution in [0.1, 0.15) is 36.3 Å². The van der Waals surface area contributed by atoms with Crippen LogP contribution in [0.2, 0.25) is 5.02 Å². The molecule has 0 atom stereocenters. The number of alkyl halides is 2. The minimum Gasteiger partial charge on any atom is -0.319 e.